The van der Waals surface area contributed by atoms with Gasteiger partial charge in [0.2, 0.25) is 0 Å². The fourth-order valence-electron chi connectivity index (χ4n) is 3.71. The number of benzene rings is 2. The molecule has 0 saturated heterocycles. The lowest BCUT2D eigenvalue weighted by molar-refractivity contribution is 0.197. The van der Waals surface area contributed by atoms with Crippen LogP contribution in [-0.2, 0) is 0 Å². The van der Waals surface area contributed by atoms with Crippen LogP contribution in [0.5, 0.6) is 0 Å². The first-order valence-electron chi connectivity index (χ1n) is 9.68. The van der Waals surface area contributed by atoms with Crippen LogP contribution in [-0.4, -0.2) is 0 Å². The van der Waals surface area contributed by atoms with Crippen LogP contribution in [0.3, 0.4) is 0 Å². The van der Waals surface area contributed by atoms with Gasteiger partial charge in [-0.15, -0.1) is 11.8 Å². The van der Waals surface area contributed by atoms with Crippen LogP contribution in [0.2, 0.25) is 0 Å². The van der Waals surface area contributed by atoms with Crippen molar-refractivity contribution in [3.8, 4) is 0 Å². The molecule has 0 nitrogen and oxygen atoms in total. The first-order chi connectivity index (χ1) is 12.5. The lowest BCUT2D eigenvalue weighted by Gasteiger charge is -2.34. The Morgan fingerprint density at radius 2 is 1.35 bits per heavy atom. The summed E-state index contributed by atoms with van der Waals surface area (Å²) in [6, 6.07) is 21.4. The minimum Gasteiger partial charge on any atom is -0.105 e. The predicted molar refractivity (Wildman–Crippen MR) is 117 cm³/mol. The molecule has 2 aromatic rings. The average Bonchev–Trinajstić information content (AvgIpc) is 2.66. The van der Waals surface area contributed by atoms with Crippen molar-refractivity contribution in [1.82, 2.24) is 0 Å². The minimum atomic E-state index is 0.451. The van der Waals surface area contributed by atoms with E-state index in [4.69, 9.17) is 0 Å². The van der Waals surface area contributed by atoms with E-state index in [0.717, 1.165) is 5.92 Å². The van der Waals surface area contributed by atoms with Crippen molar-refractivity contribution < 1.29 is 0 Å². The molecule has 0 bridgehead atoms. The van der Waals surface area contributed by atoms with Gasteiger partial charge in [0, 0.05) is 0 Å². The zero-order valence-corrected chi connectivity index (χ0v) is 17.1. The maximum atomic E-state index is 2.39. The highest BCUT2D eigenvalue weighted by Gasteiger charge is 2.27. The van der Waals surface area contributed by atoms with Crippen molar-refractivity contribution in [1.29, 1.82) is 0 Å². The summed E-state index contributed by atoms with van der Waals surface area (Å²) in [6.45, 7) is 7.15. The van der Waals surface area contributed by atoms with Gasteiger partial charge in [-0.25, -0.2) is 0 Å². The Morgan fingerprint density at radius 1 is 0.846 bits per heavy atom. The van der Waals surface area contributed by atoms with Gasteiger partial charge in [-0.1, -0.05) is 87.0 Å². The molecule has 1 saturated carbocycles. The molecule has 1 aliphatic rings. The third kappa shape index (κ3) is 5.14. The Hall–Kier alpha value is -1.73. The van der Waals surface area contributed by atoms with Crippen molar-refractivity contribution in [3.05, 3.63) is 88.2 Å². The van der Waals surface area contributed by atoms with E-state index in [9.17, 15) is 0 Å². The standard InChI is InChI=1S/C25H30S/c1-25(2,3)23-16-14-20(15-17-23)18-26-19-24(21-10-6-4-7-11-21)22-12-8-5-9-13-22/h4-13,18-19,23H,14-17H2,1-3H3. The summed E-state index contributed by atoms with van der Waals surface area (Å²) in [5.41, 5.74) is 5.93. The largest absolute Gasteiger partial charge is 0.105 e. The molecule has 0 aromatic heterocycles. The Bertz CT molecular complexity index is 696. The summed E-state index contributed by atoms with van der Waals surface area (Å²) in [7, 11) is 0. The summed E-state index contributed by atoms with van der Waals surface area (Å²) in [6.07, 6.45) is 5.19. The van der Waals surface area contributed by atoms with Gasteiger partial charge in [0.15, 0.2) is 0 Å². The molecule has 136 valence electrons. The third-order valence-electron chi connectivity index (χ3n) is 5.44. The molecule has 0 N–H and O–H groups in total. The lowest BCUT2D eigenvalue weighted by atomic mass is 9.71. The van der Waals surface area contributed by atoms with Gasteiger partial charge in [0.25, 0.3) is 0 Å². The average molecular weight is 363 g/mol. The van der Waals surface area contributed by atoms with Gasteiger partial charge in [-0.3, -0.25) is 0 Å². The molecule has 0 heterocycles. The van der Waals surface area contributed by atoms with Gasteiger partial charge in [-0.05, 0) is 64.5 Å². The van der Waals surface area contributed by atoms with Crippen LogP contribution < -0.4 is 0 Å². The highest BCUT2D eigenvalue weighted by Crippen LogP contribution is 2.40. The van der Waals surface area contributed by atoms with E-state index in [1.807, 2.05) is 11.8 Å². The van der Waals surface area contributed by atoms with Crippen LogP contribution in [0.25, 0.3) is 5.57 Å². The normalized spacial score (nSPS) is 17.7. The SMILES string of the molecule is CC(C)(C)C1CCC(=CSC=C(c2ccccc2)c2ccccc2)CC1. The fourth-order valence-corrected chi connectivity index (χ4v) is 4.61. The predicted octanol–water partition coefficient (Wildman–Crippen LogP) is 7.93. The zero-order chi connectivity index (χ0) is 18.4. The highest BCUT2D eigenvalue weighted by atomic mass is 32.2. The second-order valence-electron chi connectivity index (χ2n) is 8.32. The Kier molecular flexibility index (Phi) is 6.43. The Morgan fingerprint density at radius 3 is 1.81 bits per heavy atom. The lowest BCUT2D eigenvalue weighted by Crippen LogP contribution is -2.23. The molecule has 0 unspecified atom stereocenters. The van der Waals surface area contributed by atoms with Gasteiger partial charge in [-0.2, -0.15) is 0 Å². The van der Waals surface area contributed by atoms with Crippen molar-refractivity contribution >= 4 is 17.3 Å². The molecule has 0 aliphatic heterocycles. The van der Waals surface area contributed by atoms with E-state index in [1.165, 1.54) is 42.4 Å². The van der Waals surface area contributed by atoms with Crippen LogP contribution >= 0.6 is 11.8 Å². The fraction of sp³-hybridized carbons (Fsp3) is 0.360. The van der Waals surface area contributed by atoms with E-state index in [-0.39, 0.29) is 0 Å². The molecule has 26 heavy (non-hydrogen) atoms. The molecule has 0 spiro atoms. The van der Waals surface area contributed by atoms with Gasteiger partial charge in [0.1, 0.15) is 0 Å². The second kappa shape index (κ2) is 8.77. The number of thioether (sulfide) groups is 1. The molecule has 0 radical (unpaired) electrons. The van der Waals surface area contributed by atoms with Crippen molar-refractivity contribution in [2.24, 2.45) is 11.3 Å². The molecule has 1 aliphatic carbocycles. The maximum Gasteiger partial charge on any atom is -0.00450 e. The van der Waals surface area contributed by atoms with Crippen molar-refractivity contribution in [3.63, 3.8) is 0 Å². The van der Waals surface area contributed by atoms with E-state index >= 15 is 0 Å². The molecule has 1 heteroatoms. The molecule has 1 fully saturated rings. The van der Waals surface area contributed by atoms with Gasteiger partial charge < -0.3 is 0 Å². The topological polar surface area (TPSA) is 0 Å². The number of hydrogen-bond acceptors (Lipinski definition) is 1. The van der Waals surface area contributed by atoms with Crippen LogP contribution in [0, 0.1) is 11.3 Å². The van der Waals surface area contributed by atoms with E-state index in [0.29, 0.717) is 5.41 Å². The van der Waals surface area contributed by atoms with Crippen molar-refractivity contribution in [2.45, 2.75) is 46.5 Å². The van der Waals surface area contributed by atoms with E-state index in [2.05, 4.69) is 92.3 Å². The van der Waals surface area contributed by atoms with Gasteiger partial charge >= 0.3 is 0 Å². The molecule has 0 amide bonds. The molecular weight excluding hydrogens is 332 g/mol. The molecule has 0 atom stereocenters. The number of hydrogen-bond donors (Lipinski definition) is 0. The number of rotatable bonds is 4. The first kappa shape index (κ1) is 19.0. The highest BCUT2D eigenvalue weighted by molar-refractivity contribution is 8.05. The summed E-state index contributed by atoms with van der Waals surface area (Å²) in [5, 5.41) is 4.71. The molecule has 2 aromatic carbocycles. The van der Waals surface area contributed by atoms with Crippen LogP contribution in [0.4, 0.5) is 0 Å². The minimum absolute atomic E-state index is 0.451. The summed E-state index contributed by atoms with van der Waals surface area (Å²) >= 11 is 1.84. The maximum absolute atomic E-state index is 2.39. The molecular formula is C25H30S. The van der Waals surface area contributed by atoms with Crippen LogP contribution in [0.1, 0.15) is 57.6 Å². The summed E-state index contributed by atoms with van der Waals surface area (Å²) in [5.74, 6) is 0.865. The molecule has 3 rings (SSSR count). The van der Waals surface area contributed by atoms with Crippen LogP contribution in [0.15, 0.2) is 77.1 Å². The monoisotopic (exact) mass is 362 g/mol. The zero-order valence-electron chi connectivity index (χ0n) is 16.2. The quantitative estimate of drug-likeness (QED) is 0.532. The van der Waals surface area contributed by atoms with Crippen molar-refractivity contribution in [2.75, 3.05) is 0 Å². The van der Waals surface area contributed by atoms with E-state index in [1.54, 1.807) is 5.57 Å². The summed E-state index contributed by atoms with van der Waals surface area (Å²) in [4.78, 5) is 0. The first-order valence-corrected chi connectivity index (χ1v) is 10.6. The second-order valence-corrected chi connectivity index (χ2v) is 9.06. The number of allylic oxidation sites excluding steroid dienone is 1. The third-order valence-corrected chi connectivity index (χ3v) is 6.28. The Balaban J connectivity index is 1.72. The Labute approximate surface area is 163 Å². The summed E-state index contributed by atoms with van der Waals surface area (Å²) < 4.78 is 0. The van der Waals surface area contributed by atoms with E-state index < -0.39 is 0 Å². The van der Waals surface area contributed by atoms with Gasteiger partial charge in [0.05, 0.1) is 0 Å². The smallest absolute Gasteiger partial charge is 0.00450 e.